The number of ether oxygens (including phenoxy) is 4. The van der Waals surface area contributed by atoms with Crippen molar-refractivity contribution in [2.75, 3.05) is 32.9 Å². The van der Waals surface area contributed by atoms with Gasteiger partial charge in [0.25, 0.3) is 0 Å². The highest BCUT2D eigenvalue weighted by atomic mass is 16.7. The van der Waals surface area contributed by atoms with E-state index in [1.165, 1.54) is 0 Å². The monoisotopic (exact) mass is 331 g/mol. The van der Waals surface area contributed by atoms with Gasteiger partial charge in [0.15, 0.2) is 6.29 Å². The lowest BCUT2D eigenvalue weighted by molar-refractivity contribution is -0.191. The van der Waals surface area contributed by atoms with Gasteiger partial charge in [0.2, 0.25) is 0 Å². The average molecular weight is 331 g/mol. The van der Waals surface area contributed by atoms with Crippen LogP contribution in [0, 0.1) is 0 Å². The number of carbonyl (C=O) groups is 1. The lowest BCUT2D eigenvalue weighted by Crippen LogP contribution is -2.42. The molecular formula is C17H33NO5. The maximum absolute atomic E-state index is 12.2. The molecule has 1 atom stereocenters. The van der Waals surface area contributed by atoms with Gasteiger partial charge in [-0.25, -0.2) is 4.79 Å². The molecule has 0 bridgehead atoms. The standard InChI is InChI=1S/C17H33NO5/c1-7-17(22-12-14(20-8-2)21-9-3)10-11-18(13-17)15(19)23-16(4,5)6/h14H,7-13H2,1-6H3. The highest BCUT2D eigenvalue weighted by molar-refractivity contribution is 5.68. The molecule has 1 aliphatic heterocycles. The molecule has 0 radical (unpaired) electrons. The number of carbonyl (C=O) groups excluding carboxylic acids is 1. The van der Waals surface area contributed by atoms with Crippen molar-refractivity contribution in [3.8, 4) is 0 Å². The highest BCUT2D eigenvalue weighted by Gasteiger charge is 2.41. The predicted molar refractivity (Wildman–Crippen MR) is 88.4 cm³/mol. The number of nitrogens with zero attached hydrogens (tertiary/aromatic N) is 1. The molecule has 1 amide bonds. The summed E-state index contributed by atoms with van der Waals surface area (Å²) >= 11 is 0. The van der Waals surface area contributed by atoms with Crippen LogP contribution in [0.1, 0.15) is 54.4 Å². The van der Waals surface area contributed by atoms with Gasteiger partial charge in [0, 0.05) is 19.8 Å². The van der Waals surface area contributed by atoms with Crippen LogP contribution in [0.15, 0.2) is 0 Å². The smallest absolute Gasteiger partial charge is 0.410 e. The quantitative estimate of drug-likeness (QED) is 0.639. The third kappa shape index (κ3) is 6.65. The summed E-state index contributed by atoms with van der Waals surface area (Å²) in [5, 5.41) is 0. The molecule has 1 unspecified atom stereocenters. The van der Waals surface area contributed by atoms with Crippen LogP contribution in [0.25, 0.3) is 0 Å². The molecule has 0 aromatic rings. The molecule has 23 heavy (non-hydrogen) atoms. The summed E-state index contributed by atoms with van der Waals surface area (Å²) in [7, 11) is 0. The molecule has 1 heterocycles. The summed E-state index contributed by atoms with van der Waals surface area (Å²) in [5.74, 6) is 0. The first-order valence-corrected chi connectivity index (χ1v) is 8.60. The molecule has 6 heteroatoms. The summed E-state index contributed by atoms with van der Waals surface area (Å²) in [6.45, 7) is 14.3. The van der Waals surface area contributed by atoms with Crippen LogP contribution in [0.2, 0.25) is 0 Å². The van der Waals surface area contributed by atoms with Crippen LogP contribution < -0.4 is 0 Å². The van der Waals surface area contributed by atoms with Gasteiger partial charge in [0.1, 0.15) is 5.60 Å². The summed E-state index contributed by atoms with van der Waals surface area (Å²) < 4.78 is 22.6. The number of hydrogen-bond acceptors (Lipinski definition) is 5. The molecule has 0 spiro atoms. The normalized spacial score (nSPS) is 22.0. The molecule has 0 saturated carbocycles. The molecule has 0 aliphatic carbocycles. The van der Waals surface area contributed by atoms with E-state index >= 15 is 0 Å². The van der Waals surface area contributed by atoms with Gasteiger partial charge in [0.05, 0.1) is 18.8 Å². The fourth-order valence-corrected chi connectivity index (χ4v) is 2.60. The van der Waals surface area contributed by atoms with Crippen molar-refractivity contribution >= 4 is 6.09 Å². The second-order valence-electron chi connectivity index (χ2n) is 6.84. The van der Waals surface area contributed by atoms with Crippen LogP contribution in [0.3, 0.4) is 0 Å². The van der Waals surface area contributed by atoms with E-state index in [2.05, 4.69) is 6.92 Å². The van der Waals surface area contributed by atoms with Crippen LogP contribution in [-0.2, 0) is 18.9 Å². The Bertz CT molecular complexity index is 362. The number of hydrogen-bond donors (Lipinski definition) is 0. The molecule has 1 fully saturated rings. The number of likely N-dealkylation sites (tertiary alicyclic amines) is 1. The first kappa shape index (κ1) is 20.2. The molecule has 136 valence electrons. The molecule has 0 aromatic carbocycles. The van der Waals surface area contributed by atoms with Crippen LogP contribution in [0.5, 0.6) is 0 Å². The Hall–Kier alpha value is -0.850. The Labute approximate surface area is 140 Å². The van der Waals surface area contributed by atoms with Crippen LogP contribution in [-0.4, -0.2) is 61.4 Å². The first-order chi connectivity index (χ1) is 10.7. The zero-order valence-corrected chi connectivity index (χ0v) is 15.5. The fraction of sp³-hybridized carbons (Fsp3) is 0.941. The van der Waals surface area contributed by atoms with Gasteiger partial charge in [-0.2, -0.15) is 0 Å². The minimum Gasteiger partial charge on any atom is -0.444 e. The van der Waals surface area contributed by atoms with Gasteiger partial charge in [-0.15, -0.1) is 0 Å². The zero-order valence-electron chi connectivity index (χ0n) is 15.5. The van der Waals surface area contributed by atoms with E-state index in [1.54, 1.807) is 4.90 Å². The Kier molecular flexibility index (Phi) is 7.77. The summed E-state index contributed by atoms with van der Waals surface area (Å²) in [6, 6.07) is 0. The third-order valence-electron chi connectivity index (χ3n) is 3.84. The minimum atomic E-state index is -0.482. The van der Waals surface area contributed by atoms with Crippen molar-refractivity contribution in [1.82, 2.24) is 4.90 Å². The predicted octanol–water partition coefficient (Wildman–Crippen LogP) is 3.19. The summed E-state index contributed by atoms with van der Waals surface area (Å²) in [4.78, 5) is 13.9. The van der Waals surface area contributed by atoms with Gasteiger partial charge in [-0.1, -0.05) is 6.92 Å². The molecule has 0 N–H and O–H groups in total. The van der Waals surface area contributed by atoms with Crippen molar-refractivity contribution in [3.63, 3.8) is 0 Å². The number of amides is 1. The van der Waals surface area contributed by atoms with E-state index in [1.807, 2.05) is 34.6 Å². The Morgan fingerprint density at radius 1 is 1.17 bits per heavy atom. The first-order valence-electron chi connectivity index (χ1n) is 8.60. The maximum Gasteiger partial charge on any atom is 0.410 e. The van der Waals surface area contributed by atoms with E-state index in [9.17, 15) is 4.79 Å². The van der Waals surface area contributed by atoms with Crippen molar-refractivity contribution in [1.29, 1.82) is 0 Å². The lowest BCUT2D eigenvalue weighted by Gasteiger charge is -2.31. The molecule has 1 saturated heterocycles. The van der Waals surface area contributed by atoms with Crippen molar-refractivity contribution in [2.45, 2.75) is 71.9 Å². The second kappa shape index (κ2) is 8.85. The molecule has 1 aliphatic rings. The molecule has 6 nitrogen and oxygen atoms in total. The van der Waals surface area contributed by atoms with Gasteiger partial charge < -0.3 is 23.8 Å². The molecule has 1 rings (SSSR count). The van der Waals surface area contributed by atoms with Crippen molar-refractivity contribution in [2.24, 2.45) is 0 Å². The highest BCUT2D eigenvalue weighted by Crippen LogP contribution is 2.30. The van der Waals surface area contributed by atoms with E-state index in [0.29, 0.717) is 32.9 Å². The fourth-order valence-electron chi connectivity index (χ4n) is 2.60. The SMILES string of the molecule is CCOC(COC1(CC)CCN(C(=O)OC(C)(C)C)C1)OCC. The molecule has 0 aromatic heterocycles. The van der Waals surface area contributed by atoms with Crippen LogP contribution in [0.4, 0.5) is 4.79 Å². The zero-order chi connectivity index (χ0) is 17.5. The largest absolute Gasteiger partial charge is 0.444 e. The van der Waals surface area contributed by atoms with E-state index in [4.69, 9.17) is 18.9 Å². The van der Waals surface area contributed by atoms with E-state index < -0.39 is 5.60 Å². The average Bonchev–Trinajstić information content (AvgIpc) is 2.89. The van der Waals surface area contributed by atoms with Gasteiger partial charge >= 0.3 is 6.09 Å². The summed E-state index contributed by atoms with van der Waals surface area (Å²) in [6.07, 6.45) is 0.997. The maximum atomic E-state index is 12.2. The van der Waals surface area contributed by atoms with E-state index in [0.717, 1.165) is 12.8 Å². The topological polar surface area (TPSA) is 57.2 Å². The van der Waals surface area contributed by atoms with Crippen molar-refractivity contribution in [3.05, 3.63) is 0 Å². The Balaban J connectivity index is 2.57. The minimum absolute atomic E-state index is 0.275. The van der Waals surface area contributed by atoms with E-state index in [-0.39, 0.29) is 18.0 Å². The summed E-state index contributed by atoms with van der Waals surface area (Å²) in [5.41, 5.74) is -0.826. The second-order valence-corrected chi connectivity index (χ2v) is 6.84. The Morgan fingerprint density at radius 2 is 1.78 bits per heavy atom. The van der Waals surface area contributed by atoms with Crippen molar-refractivity contribution < 1.29 is 23.7 Å². The lowest BCUT2D eigenvalue weighted by atomic mass is 10.00. The van der Waals surface area contributed by atoms with Gasteiger partial charge in [-0.05, 0) is 47.5 Å². The van der Waals surface area contributed by atoms with Gasteiger partial charge in [-0.3, -0.25) is 0 Å². The third-order valence-corrected chi connectivity index (χ3v) is 3.84. The Morgan fingerprint density at radius 3 is 2.26 bits per heavy atom. The molecular weight excluding hydrogens is 298 g/mol. The number of rotatable bonds is 8. The van der Waals surface area contributed by atoms with Crippen LogP contribution >= 0.6 is 0 Å².